The molecule has 0 unspecified atom stereocenters. The molecule has 0 amide bonds. The zero-order valence-electron chi connectivity index (χ0n) is 11.9. The van der Waals surface area contributed by atoms with Crippen molar-refractivity contribution in [1.82, 2.24) is 5.32 Å². The van der Waals surface area contributed by atoms with Crippen LogP contribution in [0, 0.1) is 18.7 Å². The summed E-state index contributed by atoms with van der Waals surface area (Å²) in [5.74, 6) is 0.525. The van der Waals surface area contributed by atoms with Gasteiger partial charge in [-0.05, 0) is 68.1 Å². The molecular formula is C16H24FN. The molecule has 100 valence electrons. The standard InChI is InChI=1S/C16H24FN/c1-12(2)11-18-7-5-6-14(4)15-8-13(3)9-16(17)10-15/h6,8-10,12,18H,5,7,11H2,1-4H3. The topological polar surface area (TPSA) is 12.0 Å². The molecule has 0 aliphatic heterocycles. The average Bonchev–Trinajstić information content (AvgIpc) is 2.26. The highest BCUT2D eigenvalue weighted by Gasteiger charge is 2.00. The van der Waals surface area contributed by atoms with Gasteiger partial charge in [0.1, 0.15) is 5.82 Å². The lowest BCUT2D eigenvalue weighted by molar-refractivity contribution is 0.557. The van der Waals surface area contributed by atoms with E-state index in [4.69, 9.17) is 0 Å². The Morgan fingerprint density at radius 3 is 2.67 bits per heavy atom. The Morgan fingerprint density at radius 1 is 1.33 bits per heavy atom. The molecule has 0 atom stereocenters. The smallest absolute Gasteiger partial charge is 0.124 e. The lowest BCUT2D eigenvalue weighted by Gasteiger charge is -2.07. The van der Waals surface area contributed by atoms with Gasteiger partial charge >= 0.3 is 0 Å². The number of allylic oxidation sites excluding steroid dienone is 1. The highest BCUT2D eigenvalue weighted by Crippen LogP contribution is 2.17. The van der Waals surface area contributed by atoms with Gasteiger partial charge in [0, 0.05) is 0 Å². The van der Waals surface area contributed by atoms with Crippen LogP contribution in [0.2, 0.25) is 0 Å². The summed E-state index contributed by atoms with van der Waals surface area (Å²) >= 11 is 0. The molecule has 1 aromatic rings. The van der Waals surface area contributed by atoms with Gasteiger partial charge in [-0.15, -0.1) is 0 Å². The largest absolute Gasteiger partial charge is 0.316 e. The first kappa shape index (κ1) is 14.9. The minimum Gasteiger partial charge on any atom is -0.316 e. The fraction of sp³-hybridized carbons (Fsp3) is 0.500. The Balaban J connectivity index is 2.50. The van der Waals surface area contributed by atoms with Gasteiger partial charge in [0.15, 0.2) is 0 Å². The van der Waals surface area contributed by atoms with Crippen LogP contribution in [0.3, 0.4) is 0 Å². The van der Waals surface area contributed by atoms with Crippen LogP contribution < -0.4 is 5.32 Å². The monoisotopic (exact) mass is 249 g/mol. The molecular weight excluding hydrogens is 225 g/mol. The van der Waals surface area contributed by atoms with Gasteiger partial charge in [-0.2, -0.15) is 0 Å². The second-order valence-electron chi connectivity index (χ2n) is 5.29. The number of rotatable bonds is 6. The van der Waals surface area contributed by atoms with Gasteiger partial charge in [-0.3, -0.25) is 0 Å². The Morgan fingerprint density at radius 2 is 2.06 bits per heavy atom. The van der Waals surface area contributed by atoms with Crippen molar-refractivity contribution < 1.29 is 4.39 Å². The number of hydrogen-bond acceptors (Lipinski definition) is 1. The van der Waals surface area contributed by atoms with Crippen molar-refractivity contribution in [1.29, 1.82) is 0 Å². The van der Waals surface area contributed by atoms with Gasteiger partial charge in [-0.1, -0.05) is 26.0 Å². The quantitative estimate of drug-likeness (QED) is 0.746. The van der Waals surface area contributed by atoms with E-state index in [0.29, 0.717) is 5.92 Å². The van der Waals surface area contributed by atoms with Crippen molar-refractivity contribution in [2.24, 2.45) is 5.92 Å². The first-order valence-corrected chi connectivity index (χ1v) is 6.64. The summed E-state index contributed by atoms with van der Waals surface area (Å²) in [7, 11) is 0. The average molecular weight is 249 g/mol. The number of nitrogens with one attached hydrogen (secondary N) is 1. The highest BCUT2D eigenvalue weighted by molar-refractivity contribution is 5.64. The van der Waals surface area contributed by atoms with Crippen LogP contribution in [0.25, 0.3) is 5.57 Å². The second kappa shape index (κ2) is 7.32. The van der Waals surface area contributed by atoms with Crippen LogP contribution in [-0.4, -0.2) is 13.1 Å². The summed E-state index contributed by atoms with van der Waals surface area (Å²) in [5, 5.41) is 3.40. The highest BCUT2D eigenvalue weighted by atomic mass is 19.1. The summed E-state index contributed by atoms with van der Waals surface area (Å²) in [6, 6.07) is 5.18. The number of aryl methyl sites for hydroxylation is 1. The minimum atomic E-state index is -0.157. The molecule has 0 heterocycles. The van der Waals surface area contributed by atoms with Crippen LogP contribution in [0.15, 0.2) is 24.3 Å². The fourth-order valence-electron chi connectivity index (χ4n) is 1.86. The maximum Gasteiger partial charge on any atom is 0.124 e. The third-order valence-electron chi connectivity index (χ3n) is 2.82. The van der Waals surface area contributed by atoms with Gasteiger partial charge in [0.25, 0.3) is 0 Å². The minimum absolute atomic E-state index is 0.157. The molecule has 0 fully saturated rings. The third-order valence-corrected chi connectivity index (χ3v) is 2.82. The Bertz CT molecular complexity index is 387. The van der Waals surface area contributed by atoms with E-state index in [2.05, 4.69) is 25.2 Å². The lowest BCUT2D eigenvalue weighted by atomic mass is 10.0. The summed E-state index contributed by atoms with van der Waals surface area (Å²) in [6.45, 7) is 10.4. The van der Waals surface area contributed by atoms with E-state index >= 15 is 0 Å². The number of halogens is 1. The molecule has 0 radical (unpaired) electrons. The van der Waals surface area contributed by atoms with E-state index in [-0.39, 0.29) is 5.82 Å². The van der Waals surface area contributed by atoms with E-state index in [0.717, 1.165) is 36.2 Å². The SMILES string of the molecule is CC(=CCCNCC(C)C)c1cc(C)cc(F)c1. The van der Waals surface area contributed by atoms with Gasteiger partial charge in [0.05, 0.1) is 0 Å². The van der Waals surface area contributed by atoms with E-state index in [1.165, 1.54) is 0 Å². The summed E-state index contributed by atoms with van der Waals surface area (Å²) < 4.78 is 13.3. The number of benzene rings is 1. The third kappa shape index (κ3) is 5.46. The summed E-state index contributed by atoms with van der Waals surface area (Å²) in [5.41, 5.74) is 3.09. The molecule has 0 saturated carbocycles. The molecule has 0 aliphatic rings. The van der Waals surface area contributed by atoms with Gasteiger partial charge in [0.2, 0.25) is 0 Å². The van der Waals surface area contributed by atoms with E-state index in [1.54, 1.807) is 12.1 Å². The molecule has 18 heavy (non-hydrogen) atoms. The number of hydrogen-bond donors (Lipinski definition) is 1. The van der Waals surface area contributed by atoms with Crippen molar-refractivity contribution in [3.8, 4) is 0 Å². The maximum absolute atomic E-state index is 13.3. The Labute approximate surface area is 110 Å². The molecule has 1 nitrogen and oxygen atoms in total. The van der Waals surface area contributed by atoms with Crippen molar-refractivity contribution in [2.75, 3.05) is 13.1 Å². The summed E-state index contributed by atoms with van der Waals surface area (Å²) in [6.07, 6.45) is 3.15. The molecule has 0 bridgehead atoms. The molecule has 1 aromatic carbocycles. The molecule has 1 N–H and O–H groups in total. The zero-order valence-corrected chi connectivity index (χ0v) is 11.9. The van der Waals surface area contributed by atoms with Crippen LogP contribution in [0.5, 0.6) is 0 Å². The molecule has 0 spiro atoms. The zero-order chi connectivity index (χ0) is 13.5. The predicted molar refractivity (Wildman–Crippen MR) is 77.1 cm³/mol. The Hall–Kier alpha value is -1.15. The summed E-state index contributed by atoms with van der Waals surface area (Å²) in [4.78, 5) is 0. The van der Waals surface area contributed by atoms with Crippen molar-refractivity contribution >= 4 is 5.57 Å². The van der Waals surface area contributed by atoms with Crippen LogP contribution in [-0.2, 0) is 0 Å². The molecule has 1 rings (SSSR count). The van der Waals surface area contributed by atoms with Gasteiger partial charge in [-0.25, -0.2) is 4.39 Å². The normalized spacial score (nSPS) is 12.2. The fourth-order valence-corrected chi connectivity index (χ4v) is 1.86. The lowest BCUT2D eigenvalue weighted by Crippen LogP contribution is -2.20. The van der Waals surface area contributed by atoms with Crippen LogP contribution in [0.4, 0.5) is 4.39 Å². The van der Waals surface area contributed by atoms with Crippen LogP contribution in [0.1, 0.15) is 38.3 Å². The van der Waals surface area contributed by atoms with E-state index in [1.807, 2.05) is 19.9 Å². The van der Waals surface area contributed by atoms with Crippen molar-refractivity contribution in [2.45, 2.75) is 34.1 Å². The molecule has 0 aliphatic carbocycles. The molecule has 0 saturated heterocycles. The molecule has 0 aromatic heterocycles. The van der Waals surface area contributed by atoms with Crippen molar-refractivity contribution in [3.05, 3.63) is 41.2 Å². The van der Waals surface area contributed by atoms with Crippen molar-refractivity contribution in [3.63, 3.8) is 0 Å². The first-order chi connectivity index (χ1) is 8.49. The van der Waals surface area contributed by atoms with Crippen LogP contribution >= 0.6 is 0 Å². The second-order valence-corrected chi connectivity index (χ2v) is 5.29. The Kier molecular flexibility index (Phi) is 6.06. The van der Waals surface area contributed by atoms with Gasteiger partial charge < -0.3 is 5.32 Å². The predicted octanol–water partition coefficient (Wildman–Crippen LogP) is 4.17. The molecule has 2 heteroatoms. The van der Waals surface area contributed by atoms with E-state index < -0.39 is 0 Å². The first-order valence-electron chi connectivity index (χ1n) is 6.64. The maximum atomic E-state index is 13.3. The van der Waals surface area contributed by atoms with E-state index in [9.17, 15) is 4.39 Å².